The van der Waals surface area contributed by atoms with Crippen LogP contribution in [0.1, 0.15) is 11.3 Å². The van der Waals surface area contributed by atoms with Gasteiger partial charge in [-0.05, 0) is 24.3 Å². The predicted molar refractivity (Wildman–Crippen MR) is 110 cm³/mol. The van der Waals surface area contributed by atoms with Gasteiger partial charge in [0.1, 0.15) is 17.4 Å². The molecule has 1 aromatic carbocycles. The number of halogens is 1. The van der Waals surface area contributed by atoms with Gasteiger partial charge in [0.25, 0.3) is 0 Å². The zero-order valence-corrected chi connectivity index (χ0v) is 16.1. The van der Waals surface area contributed by atoms with Crippen LogP contribution < -0.4 is 10.3 Å². The molecule has 1 saturated heterocycles. The lowest BCUT2D eigenvalue weighted by Gasteiger charge is -2.29. The van der Waals surface area contributed by atoms with Crippen molar-refractivity contribution < 1.29 is 9.15 Å². The maximum absolute atomic E-state index is 9.86. The number of nitrogens with one attached hydrogen (secondary N) is 1. The van der Waals surface area contributed by atoms with Crippen LogP contribution >= 0.6 is 11.6 Å². The standard InChI is InChI=1S/C20H17ClN6O2/c21-15-5-3-14(4-6-15)18-17(12-22)19(27-7-10-28-11-8-27)25-20(24-18)26-23-13-16-2-1-9-29-16/h1-6,9,13H,7-8,10-11H2,(H,24,25,26). The number of nitriles is 1. The van der Waals surface area contributed by atoms with Gasteiger partial charge in [0.15, 0.2) is 5.82 Å². The molecule has 4 rings (SSSR count). The lowest BCUT2D eigenvalue weighted by atomic mass is 10.1. The summed E-state index contributed by atoms with van der Waals surface area (Å²) in [5.74, 6) is 1.42. The van der Waals surface area contributed by atoms with Crippen molar-refractivity contribution >= 4 is 29.6 Å². The summed E-state index contributed by atoms with van der Waals surface area (Å²) >= 11 is 6.01. The normalized spacial score (nSPS) is 14.1. The summed E-state index contributed by atoms with van der Waals surface area (Å²) in [6.45, 7) is 2.43. The van der Waals surface area contributed by atoms with Crippen molar-refractivity contribution in [3.05, 3.63) is 59.0 Å². The lowest BCUT2D eigenvalue weighted by molar-refractivity contribution is 0.122. The molecular formula is C20H17ClN6O2. The first kappa shape index (κ1) is 18.9. The smallest absolute Gasteiger partial charge is 0.246 e. The number of hydrogen-bond donors (Lipinski definition) is 1. The molecule has 8 nitrogen and oxygen atoms in total. The summed E-state index contributed by atoms with van der Waals surface area (Å²) in [4.78, 5) is 11.1. The van der Waals surface area contributed by atoms with E-state index in [9.17, 15) is 5.26 Å². The van der Waals surface area contributed by atoms with E-state index in [-0.39, 0.29) is 5.95 Å². The zero-order chi connectivity index (χ0) is 20.1. The second kappa shape index (κ2) is 8.73. The Kier molecular flexibility index (Phi) is 5.70. The third kappa shape index (κ3) is 4.37. The zero-order valence-electron chi connectivity index (χ0n) is 15.4. The SMILES string of the molecule is N#Cc1c(-c2ccc(Cl)cc2)nc(NN=Cc2ccco2)nc1N1CCOCC1. The number of aromatic nitrogens is 2. The van der Waals surface area contributed by atoms with Gasteiger partial charge in [-0.15, -0.1) is 0 Å². The summed E-state index contributed by atoms with van der Waals surface area (Å²) in [6, 6.07) is 13.0. The van der Waals surface area contributed by atoms with Crippen LogP contribution in [0.25, 0.3) is 11.3 Å². The number of nitrogens with zero attached hydrogens (tertiary/aromatic N) is 5. The average Bonchev–Trinajstić information content (AvgIpc) is 3.28. The lowest BCUT2D eigenvalue weighted by Crippen LogP contribution is -2.37. The minimum Gasteiger partial charge on any atom is -0.463 e. The largest absolute Gasteiger partial charge is 0.463 e. The van der Waals surface area contributed by atoms with E-state index in [1.807, 2.05) is 17.0 Å². The van der Waals surface area contributed by atoms with Crippen LogP contribution in [0.2, 0.25) is 5.02 Å². The average molecular weight is 409 g/mol. The summed E-state index contributed by atoms with van der Waals surface area (Å²) < 4.78 is 10.7. The molecule has 29 heavy (non-hydrogen) atoms. The fourth-order valence-corrected chi connectivity index (χ4v) is 3.07. The van der Waals surface area contributed by atoms with Crippen molar-refractivity contribution in [2.75, 3.05) is 36.6 Å². The van der Waals surface area contributed by atoms with Crippen molar-refractivity contribution in [1.82, 2.24) is 9.97 Å². The number of hydrazone groups is 1. The number of furan rings is 1. The van der Waals surface area contributed by atoms with Gasteiger partial charge in [-0.2, -0.15) is 15.3 Å². The van der Waals surface area contributed by atoms with Crippen LogP contribution in [0.4, 0.5) is 11.8 Å². The molecule has 146 valence electrons. The molecular weight excluding hydrogens is 392 g/mol. The van der Waals surface area contributed by atoms with E-state index in [0.29, 0.717) is 54.2 Å². The Morgan fingerprint density at radius 3 is 2.66 bits per heavy atom. The molecule has 1 N–H and O–H groups in total. The van der Waals surface area contributed by atoms with Gasteiger partial charge in [0, 0.05) is 23.7 Å². The Labute approximate surface area is 172 Å². The minimum absolute atomic E-state index is 0.276. The van der Waals surface area contributed by atoms with E-state index >= 15 is 0 Å². The molecule has 0 atom stereocenters. The molecule has 3 aromatic rings. The molecule has 9 heteroatoms. The molecule has 1 fully saturated rings. The topological polar surface area (TPSA) is 99.6 Å². The predicted octanol–water partition coefficient (Wildman–Crippen LogP) is 3.54. The summed E-state index contributed by atoms with van der Waals surface area (Å²) in [7, 11) is 0. The van der Waals surface area contributed by atoms with E-state index < -0.39 is 0 Å². The van der Waals surface area contributed by atoms with E-state index in [1.54, 1.807) is 30.5 Å². The molecule has 0 radical (unpaired) electrons. The second-order valence-electron chi connectivity index (χ2n) is 6.20. The second-order valence-corrected chi connectivity index (χ2v) is 6.63. The summed E-state index contributed by atoms with van der Waals surface area (Å²) in [5, 5.41) is 14.6. The van der Waals surface area contributed by atoms with Crippen LogP contribution in [0.5, 0.6) is 0 Å². The Hall–Kier alpha value is -3.41. The summed E-state index contributed by atoms with van der Waals surface area (Å²) in [5.41, 5.74) is 4.50. The maximum Gasteiger partial charge on any atom is 0.246 e. The van der Waals surface area contributed by atoms with Crippen LogP contribution in [0.3, 0.4) is 0 Å². The van der Waals surface area contributed by atoms with Gasteiger partial charge in [-0.3, -0.25) is 0 Å². The van der Waals surface area contributed by atoms with Crippen molar-refractivity contribution in [2.24, 2.45) is 5.10 Å². The van der Waals surface area contributed by atoms with Crippen molar-refractivity contribution in [2.45, 2.75) is 0 Å². The van der Waals surface area contributed by atoms with E-state index in [4.69, 9.17) is 20.8 Å². The fourth-order valence-electron chi connectivity index (χ4n) is 2.94. The third-order valence-corrected chi connectivity index (χ3v) is 4.58. The number of morpholine rings is 1. The molecule has 0 unspecified atom stereocenters. The molecule has 0 aliphatic carbocycles. The highest BCUT2D eigenvalue weighted by molar-refractivity contribution is 6.30. The summed E-state index contributed by atoms with van der Waals surface area (Å²) in [6.07, 6.45) is 3.09. The van der Waals surface area contributed by atoms with Gasteiger partial charge in [-0.1, -0.05) is 23.7 Å². The molecule has 0 spiro atoms. The molecule has 0 bridgehead atoms. The number of benzene rings is 1. The van der Waals surface area contributed by atoms with Crippen molar-refractivity contribution in [3.8, 4) is 17.3 Å². The van der Waals surface area contributed by atoms with Crippen LogP contribution in [-0.4, -0.2) is 42.5 Å². The molecule has 0 saturated carbocycles. The minimum atomic E-state index is 0.276. The quantitative estimate of drug-likeness (QED) is 0.509. The van der Waals surface area contributed by atoms with Crippen LogP contribution in [-0.2, 0) is 4.74 Å². The van der Waals surface area contributed by atoms with Crippen molar-refractivity contribution in [3.63, 3.8) is 0 Å². The highest BCUT2D eigenvalue weighted by atomic mass is 35.5. The highest BCUT2D eigenvalue weighted by Crippen LogP contribution is 2.30. The first-order valence-corrected chi connectivity index (χ1v) is 9.36. The number of hydrogen-bond acceptors (Lipinski definition) is 8. The Bertz CT molecular complexity index is 1040. The van der Waals surface area contributed by atoms with Gasteiger partial charge in [-0.25, -0.2) is 10.4 Å². The van der Waals surface area contributed by atoms with Gasteiger partial charge >= 0.3 is 0 Å². The van der Waals surface area contributed by atoms with E-state index in [1.165, 1.54) is 6.21 Å². The Morgan fingerprint density at radius 2 is 1.97 bits per heavy atom. The van der Waals surface area contributed by atoms with E-state index in [0.717, 1.165) is 5.56 Å². The fraction of sp³-hybridized carbons (Fsp3) is 0.200. The van der Waals surface area contributed by atoms with Gasteiger partial charge in [0.2, 0.25) is 5.95 Å². The first-order valence-electron chi connectivity index (χ1n) is 8.98. The first-order chi connectivity index (χ1) is 14.2. The maximum atomic E-state index is 9.86. The monoisotopic (exact) mass is 408 g/mol. The van der Waals surface area contributed by atoms with Crippen LogP contribution in [0, 0.1) is 11.3 Å². The number of ether oxygens (including phenoxy) is 1. The Balaban J connectivity index is 1.75. The number of rotatable bonds is 5. The molecule has 1 aliphatic rings. The van der Waals surface area contributed by atoms with E-state index in [2.05, 4.69) is 26.6 Å². The third-order valence-electron chi connectivity index (χ3n) is 4.33. The molecule has 1 aliphatic heterocycles. The van der Waals surface area contributed by atoms with Crippen LogP contribution in [0.15, 0.2) is 52.2 Å². The highest BCUT2D eigenvalue weighted by Gasteiger charge is 2.22. The molecule has 2 aromatic heterocycles. The molecule has 0 amide bonds. The van der Waals surface area contributed by atoms with Gasteiger partial charge < -0.3 is 14.1 Å². The van der Waals surface area contributed by atoms with Gasteiger partial charge in [0.05, 0.1) is 31.4 Å². The number of anilines is 2. The molecule has 3 heterocycles. The van der Waals surface area contributed by atoms with Crippen molar-refractivity contribution in [1.29, 1.82) is 5.26 Å². The Morgan fingerprint density at radius 1 is 1.17 bits per heavy atom.